The Balaban J connectivity index is 1.62. The molecule has 2 aromatic rings. The van der Waals surface area contributed by atoms with Crippen LogP contribution in [0.25, 0.3) is 0 Å². The molecule has 1 saturated carbocycles. The maximum atomic E-state index is 13.1. The number of amides is 1. The van der Waals surface area contributed by atoms with Crippen molar-refractivity contribution in [2.75, 3.05) is 26.7 Å². The van der Waals surface area contributed by atoms with Crippen LogP contribution < -0.4 is 0 Å². The lowest BCUT2D eigenvalue weighted by atomic mass is 9.57. The predicted octanol–water partition coefficient (Wildman–Crippen LogP) is 4.46. The minimum atomic E-state index is -0.00937. The summed E-state index contributed by atoms with van der Waals surface area (Å²) >= 11 is 0. The summed E-state index contributed by atoms with van der Waals surface area (Å²) in [5, 5.41) is 10.2. The highest BCUT2D eigenvalue weighted by molar-refractivity contribution is 5.94. The van der Waals surface area contributed by atoms with Crippen molar-refractivity contribution >= 4 is 5.91 Å². The van der Waals surface area contributed by atoms with Crippen molar-refractivity contribution in [3.63, 3.8) is 0 Å². The first kappa shape index (κ1) is 20.7. The number of carbonyl (C=O) groups excluding carboxylic acids is 1. The zero-order chi connectivity index (χ0) is 21.1. The maximum Gasteiger partial charge on any atom is 0.253 e. The van der Waals surface area contributed by atoms with Gasteiger partial charge >= 0.3 is 0 Å². The Morgan fingerprint density at radius 1 is 1.23 bits per heavy atom. The van der Waals surface area contributed by atoms with Gasteiger partial charge < -0.3 is 10.0 Å². The van der Waals surface area contributed by atoms with Crippen LogP contribution in [0.15, 0.2) is 67.3 Å². The maximum absolute atomic E-state index is 13.1. The van der Waals surface area contributed by atoms with E-state index >= 15 is 0 Å². The molecule has 1 heterocycles. The van der Waals surface area contributed by atoms with E-state index < -0.39 is 0 Å². The number of hydrogen-bond donors (Lipinski definition) is 1. The first-order valence-electron chi connectivity index (χ1n) is 11.0. The highest BCUT2D eigenvalue weighted by Gasteiger charge is 2.49. The summed E-state index contributed by atoms with van der Waals surface area (Å²) in [5.41, 5.74) is 1.95. The van der Waals surface area contributed by atoms with Crippen LogP contribution >= 0.6 is 0 Å². The minimum absolute atomic E-state index is 0.00937. The lowest BCUT2D eigenvalue weighted by Crippen LogP contribution is -2.56. The van der Waals surface area contributed by atoms with Crippen LogP contribution in [0.4, 0.5) is 0 Å². The van der Waals surface area contributed by atoms with Crippen molar-refractivity contribution in [3.8, 4) is 5.75 Å². The van der Waals surface area contributed by atoms with E-state index in [1.54, 1.807) is 6.07 Å². The third-order valence-corrected chi connectivity index (χ3v) is 7.28. The smallest absolute Gasteiger partial charge is 0.253 e. The molecule has 1 N–H and O–H groups in total. The largest absolute Gasteiger partial charge is 0.508 e. The topological polar surface area (TPSA) is 43.8 Å². The van der Waals surface area contributed by atoms with Crippen LogP contribution in [0.5, 0.6) is 5.75 Å². The molecule has 1 saturated heterocycles. The monoisotopic (exact) mass is 404 g/mol. The number of carbonyl (C=O) groups is 1. The van der Waals surface area contributed by atoms with Crippen molar-refractivity contribution in [2.24, 2.45) is 5.92 Å². The normalized spacial score (nSPS) is 26.6. The van der Waals surface area contributed by atoms with E-state index in [-0.39, 0.29) is 17.4 Å². The van der Waals surface area contributed by atoms with Gasteiger partial charge in [0.1, 0.15) is 5.75 Å². The van der Waals surface area contributed by atoms with Crippen LogP contribution in [0, 0.1) is 5.92 Å². The zero-order valence-corrected chi connectivity index (χ0v) is 17.8. The molecule has 2 fully saturated rings. The van der Waals surface area contributed by atoms with Crippen LogP contribution in [-0.4, -0.2) is 53.5 Å². The van der Waals surface area contributed by atoms with Crippen molar-refractivity contribution in [2.45, 2.75) is 37.1 Å². The van der Waals surface area contributed by atoms with Gasteiger partial charge in [-0.1, -0.05) is 36.4 Å². The predicted molar refractivity (Wildman–Crippen MR) is 121 cm³/mol. The van der Waals surface area contributed by atoms with Crippen LogP contribution in [0.3, 0.4) is 0 Å². The van der Waals surface area contributed by atoms with Crippen LogP contribution in [-0.2, 0) is 5.41 Å². The molecule has 4 heteroatoms. The number of aromatic hydroxyl groups is 1. The van der Waals surface area contributed by atoms with Crippen LogP contribution in [0.1, 0.15) is 41.6 Å². The van der Waals surface area contributed by atoms with Gasteiger partial charge in [-0.3, -0.25) is 9.69 Å². The van der Waals surface area contributed by atoms with Gasteiger partial charge in [0, 0.05) is 37.2 Å². The molecule has 4 nitrogen and oxygen atoms in total. The molecule has 2 aliphatic rings. The second-order valence-electron chi connectivity index (χ2n) is 8.92. The van der Waals surface area contributed by atoms with E-state index in [1.807, 2.05) is 60.5 Å². The van der Waals surface area contributed by atoms with E-state index in [4.69, 9.17) is 0 Å². The third kappa shape index (κ3) is 3.89. The number of rotatable bonds is 5. The highest BCUT2D eigenvalue weighted by atomic mass is 16.3. The summed E-state index contributed by atoms with van der Waals surface area (Å²) in [6, 6.07) is 17.6. The van der Waals surface area contributed by atoms with Crippen molar-refractivity contribution in [1.29, 1.82) is 0 Å². The molecule has 0 radical (unpaired) electrons. The lowest BCUT2D eigenvalue weighted by Gasteiger charge is -2.54. The summed E-state index contributed by atoms with van der Waals surface area (Å²) in [6.07, 6.45) is 6.07. The Morgan fingerprint density at radius 2 is 2.03 bits per heavy atom. The van der Waals surface area contributed by atoms with E-state index in [1.165, 1.54) is 5.56 Å². The SMILES string of the molecule is C=CCN1CCC2(c3cccc(O)c3)C[C@@H](N(C)C(=O)c3ccccc3)CCC2C1. The summed E-state index contributed by atoms with van der Waals surface area (Å²) in [4.78, 5) is 17.5. The first-order valence-corrected chi connectivity index (χ1v) is 11.0. The summed E-state index contributed by atoms with van der Waals surface area (Å²) < 4.78 is 0. The second-order valence-corrected chi connectivity index (χ2v) is 8.92. The number of hydrogen-bond acceptors (Lipinski definition) is 3. The van der Waals surface area contributed by atoms with E-state index in [2.05, 4.69) is 17.5 Å². The van der Waals surface area contributed by atoms with Crippen molar-refractivity contribution < 1.29 is 9.90 Å². The fourth-order valence-electron chi connectivity index (χ4n) is 5.63. The molecule has 1 aliphatic heterocycles. The average molecular weight is 405 g/mol. The molecule has 2 unspecified atom stereocenters. The van der Waals surface area contributed by atoms with Gasteiger partial charge in [-0.05, 0) is 68.0 Å². The Hall–Kier alpha value is -2.59. The van der Waals surface area contributed by atoms with E-state index in [9.17, 15) is 9.90 Å². The fourth-order valence-corrected chi connectivity index (χ4v) is 5.63. The average Bonchev–Trinajstić information content (AvgIpc) is 2.78. The number of phenolic OH excluding ortho intramolecular Hbond substituents is 1. The van der Waals surface area contributed by atoms with Crippen molar-refractivity contribution in [1.82, 2.24) is 9.80 Å². The van der Waals surface area contributed by atoms with E-state index in [0.717, 1.165) is 50.9 Å². The number of nitrogens with zero attached hydrogens (tertiary/aromatic N) is 2. The molecular weight excluding hydrogens is 372 g/mol. The summed E-state index contributed by atoms with van der Waals surface area (Å²) in [5.74, 6) is 0.934. The molecule has 4 rings (SSSR count). The number of benzene rings is 2. The minimum Gasteiger partial charge on any atom is -0.508 e. The van der Waals surface area contributed by atoms with Gasteiger partial charge in [0.05, 0.1) is 0 Å². The van der Waals surface area contributed by atoms with Crippen molar-refractivity contribution in [3.05, 3.63) is 78.4 Å². The molecule has 0 spiro atoms. The van der Waals surface area contributed by atoms with Gasteiger partial charge in [-0.2, -0.15) is 0 Å². The number of piperidine rings is 1. The van der Waals surface area contributed by atoms with Crippen LogP contribution in [0.2, 0.25) is 0 Å². The van der Waals surface area contributed by atoms with Gasteiger partial charge in [0.2, 0.25) is 0 Å². The Bertz CT molecular complexity index is 897. The molecule has 0 bridgehead atoms. The third-order valence-electron chi connectivity index (χ3n) is 7.28. The van der Waals surface area contributed by atoms with Gasteiger partial charge in [-0.15, -0.1) is 6.58 Å². The first-order chi connectivity index (χ1) is 14.5. The molecular formula is C26H32N2O2. The molecule has 30 heavy (non-hydrogen) atoms. The lowest BCUT2D eigenvalue weighted by molar-refractivity contribution is 0.0221. The second kappa shape index (κ2) is 8.65. The van der Waals surface area contributed by atoms with E-state index in [0.29, 0.717) is 11.7 Å². The summed E-state index contributed by atoms with van der Waals surface area (Å²) in [6.45, 7) is 6.89. The molecule has 1 amide bonds. The Labute approximate surface area is 179 Å². The Morgan fingerprint density at radius 3 is 2.77 bits per heavy atom. The molecule has 0 aromatic heterocycles. The number of phenols is 1. The number of likely N-dealkylation sites (tertiary alicyclic amines) is 1. The zero-order valence-electron chi connectivity index (χ0n) is 17.8. The van der Waals surface area contributed by atoms with Gasteiger partial charge in [-0.25, -0.2) is 0 Å². The molecule has 3 atom stereocenters. The van der Waals surface area contributed by atoms with Gasteiger partial charge in [0.15, 0.2) is 0 Å². The quantitative estimate of drug-likeness (QED) is 0.748. The standard InChI is InChI=1S/C26H32N2O2/c1-3-15-28-16-14-26(21-10-7-11-24(29)17-21)18-23(13-12-22(26)19-28)27(2)25(30)20-8-5-4-6-9-20/h3-11,17,22-23,29H,1,12-16,18-19H2,2H3/t22?,23-,26?/m0/s1. The molecule has 1 aliphatic carbocycles. The van der Waals surface area contributed by atoms with Gasteiger partial charge in [0.25, 0.3) is 5.91 Å². The molecule has 2 aromatic carbocycles. The Kier molecular flexibility index (Phi) is 5.96. The number of fused-ring (bicyclic) bond motifs is 1. The summed E-state index contributed by atoms with van der Waals surface area (Å²) in [7, 11) is 1.95. The fraction of sp³-hybridized carbons (Fsp3) is 0.423. The highest BCUT2D eigenvalue weighted by Crippen LogP contribution is 2.50. The molecule has 158 valence electrons.